The Kier molecular flexibility index (Phi) is 3.96. The van der Waals surface area contributed by atoms with Crippen LogP contribution in [0.25, 0.3) is 0 Å². The molecule has 6 heteroatoms. The SMILES string of the molecule is O=C(O)C1CCCN1C(c1ccco1)c1ccc(Br)s1. The van der Waals surface area contributed by atoms with Gasteiger partial charge in [0, 0.05) is 11.4 Å². The Morgan fingerprint density at radius 2 is 2.35 bits per heavy atom. The third kappa shape index (κ3) is 2.55. The van der Waals surface area contributed by atoms with Crippen molar-refractivity contribution in [2.75, 3.05) is 6.54 Å². The quantitative estimate of drug-likeness (QED) is 0.907. The zero-order valence-electron chi connectivity index (χ0n) is 10.7. The topological polar surface area (TPSA) is 53.7 Å². The Balaban J connectivity index is 2.00. The van der Waals surface area contributed by atoms with Gasteiger partial charge in [-0.05, 0) is 53.0 Å². The number of halogens is 1. The Morgan fingerprint density at radius 3 is 2.95 bits per heavy atom. The van der Waals surface area contributed by atoms with Crippen LogP contribution < -0.4 is 0 Å². The molecule has 0 radical (unpaired) electrons. The second-order valence-corrected chi connectivity index (χ2v) is 7.29. The number of furan rings is 1. The number of hydrogen-bond donors (Lipinski definition) is 1. The highest BCUT2D eigenvalue weighted by atomic mass is 79.9. The van der Waals surface area contributed by atoms with Gasteiger partial charge in [-0.2, -0.15) is 0 Å². The Hall–Kier alpha value is -1.11. The van der Waals surface area contributed by atoms with E-state index in [1.807, 2.05) is 29.2 Å². The fourth-order valence-electron chi connectivity index (χ4n) is 2.75. The second-order valence-electron chi connectivity index (χ2n) is 4.79. The smallest absolute Gasteiger partial charge is 0.320 e. The summed E-state index contributed by atoms with van der Waals surface area (Å²) in [6.07, 6.45) is 3.23. The van der Waals surface area contributed by atoms with E-state index < -0.39 is 12.0 Å². The molecular formula is C14H14BrNO3S. The maximum Gasteiger partial charge on any atom is 0.320 e. The number of nitrogens with zero attached hydrogens (tertiary/aromatic N) is 1. The first-order valence-electron chi connectivity index (χ1n) is 6.44. The van der Waals surface area contributed by atoms with Crippen LogP contribution >= 0.6 is 27.3 Å². The number of carbonyl (C=O) groups is 1. The molecular weight excluding hydrogens is 342 g/mol. The lowest BCUT2D eigenvalue weighted by molar-refractivity contribution is -0.142. The predicted molar refractivity (Wildman–Crippen MR) is 79.9 cm³/mol. The molecule has 2 aromatic rings. The molecule has 2 unspecified atom stereocenters. The lowest BCUT2D eigenvalue weighted by Gasteiger charge is -2.28. The van der Waals surface area contributed by atoms with Gasteiger partial charge in [-0.3, -0.25) is 9.69 Å². The van der Waals surface area contributed by atoms with Gasteiger partial charge in [-0.25, -0.2) is 0 Å². The molecule has 0 amide bonds. The van der Waals surface area contributed by atoms with E-state index in [0.29, 0.717) is 6.42 Å². The van der Waals surface area contributed by atoms with E-state index in [0.717, 1.165) is 27.4 Å². The van der Waals surface area contributed by atoms with Gasteiger partial charge in [0.25, 0.3) is 0 Å². The molecule has 1 aliphatic heterocycles. The van der Waals surface area contributed by atoms with E-state index >= 15 is 0 Å². The first kappa shape index (κ1) is 13.9. The molecule has 106 valence electrons. The summed E-state index contributed by atoms with van der Waals surface area (Å²) in [4.78, 5) is 14.6. The van der Waals surface area contributed by atoms with Gasteiger partial charge in [0.15, 0.2) is 0 Å². The molecule has 1 fully saturated rings. The molecule has 1 saturated heterocycles. The van der Waals surface area contributed by atoms with E-state index in [4.69, 9.17) is 4.42 Å². The van der Waals surface area contributed by atoms with Gasteiger partial charge in [0.2, 0.25) is 0 Å². The highest BCUT2D eigenvalue weighted by molar-refractivity contribution is 9.11. The van der Waals surface area contributed by atoms with Crippen LogP contribution in [0.4, 0.5) is 0 Å². The van der Waals surface area contributed by atoms with Crippen molar-refractivity contribution in [2.45, 2.75) is 24.9 Å². The molecule has 0 spiro atoms. The van der Waals surface area contributed by atoms with Crippen molar-refractivity contribution in [3.8, 4) is 0 Å². The average molecular weight is 356 g/mol. The van der Waals surface area contributed by atoms with Crippen molar-refractivity contribution in [1.29, 1.82) is 0 Å². The molecule has 0 aromatic carbocycles. The Morgan fingerprint density at radius 1 is 1.50 bits per heavy atom. The minimum atomic E-state index is -0.755. The van der Waals surface area contributed by atoms with Crippen molar-refractivity contribution in [1.82, 2.24) is 4.90 Å². The van der Waals surface area contributed by atoms with Crippen LogP contribution in [0.1, 0.15) is 29.5 Å². The molecule has 4 nitrogen and oxygen atoms in total. The fourth-order valence-corrected chi connectivity index (χ4v) is 4.31. The lowest BCUT2D eigenvalue weighted by Crippen LogP contribution is -2.38. The third-order valence-electron chi connectivity index (χ3n) is 3.59. The summed E-state index contributed by atoms with van der Waals surface area (Å²) in [5, 5.41) is 9.40. The maximum atomic E-state index is 11.4. The first-order chi connectivity index (χ1) is 9.66. The van der Waals surface area contributed by atoms with Gasteiger partial charge in [0.1, 0.15) is 17.8 Å². The number of aliphatic carboxylic acids is 1. The zero-order chi connectivity index (χ0) is 14.1. The van der Waals surface area contributed by atoms with Crippen LogP contribution in [0.3, 0.4) is 0 Å². The second kappa shape index (κ2) is 5.71. The molecule has 2 atom stereocenters. The zero-order valence-corrected chi connectivity index (χ0v) is 13.1. The number of thiophene rings is 1. The van der Waals surface area contributed by atoms with Gasteiger partial charge in [0.05, 0.1) is 10.0 Å². The summed E-state index contributed by atoms with van der Waals surface area (Å²) in [5.41, 5.74) is 0. The van der Waals surface area contributed by atoms with Crippen LogP contribution in [0, 0.1) is 0 Å². The third-order valence-corrected chi connectivity index (χ3v) is 5.26. The van der Waals surface area contributed by atoms with Crippen molar-refractivity contribution in [2.24, 2.45) is 0 Å². The molecule has 3 heterocycles. The largest absolute Gasteiger partial charge is 0.480 e. The van der Waals surface area contributed by atoms with Crippen molar-refractivity contribution in [3.05, 3.63) is 45.0 Å². The monoisotopic (exact) mass is 355 g/mol. The molecule has 0 saturated carbocycles. The normalized spacial score (nSPS) is 21.1. The number of likely N-dealkylation sites (tertiary alicyclic amines) is 1. The summed E-state index contributed by atoms with van der Waals surface area (Å²) >= 11 is 5.09. The van der Waals surface area contributed by atoms with Crippen molar-refractivity contribution < 1.29 is 14.3 Å². The summed E-state index contributed by atoms with van der Waals surface area (Å²) in [5.74, 6) is 0.0437. The molecule has 20 heavy (non-hydrogen) atoms. The van der Waals surface area contributed by atoms with Crippen molar-refractivity contribution in [3.63, 3.8) is 0 Å². The molecule has 0 bridgehead atoms. The van der Waals surface area contributed by atoms with E-state index in [1.54, 1.807) is 17.6 Å². The average Bonchev–Trinajstić information content (AvgIpc) is 3.12. The van der Waals surface area contributed by atoms with Crippen LogP contribution in [-0.4, -0.2) is 28.6 Å². The van der Waals surface area contributed by atoms with Gasteiger partial charge in [-0.1, -0.05) is 0 Å². The van der Waals surface area contributed by atoms with Gasteiger partial charge < -0.3 is 9.52 Å². The summed E-state index contributed by atoms with van der Waals surface area (Å²) < 4.78 is 6.59. The first-order valence-corrected chi connectivity index (χ1v) is 8.05. The van der Waals surface area contributed by atoms with Crippen LogP contribution in [0.15, 0.2) is 38.7 Å². The standard InChI is InChI=1S/C14H14BrNO3S/c15-12-6-5-11(20-12)13(10-4-2-8-19-10)16-7-1-3-9(16)14(17)18/h2,4-6,8-9,13H,1,3,7H2,(H,17,18). The predicted octanol–water partition coefficient (Wildman–Crippen LogP) is 3.74. The number of hydrogen-bond acceptors (Lipinski definition) is 4. The highest BCUT2D eigenvalue weighted by Gasteiger charge is 2.38. The summed E-state index contributed by atoms with van der Waals surface area (Å²) in [7, 11) is 0. The summed E-state index contributed by atoms with van der Waals surface area (Å²) in [6, 6.07) is 7.21. The molecule has 1 aliphatic rings. The van der Waals surface area contributed by atoms with Crippen LogP contribution in [0.2, 0.25) is 0 Å². The van der Waals surface area contributed by atoms with Crippen molar-refractivity contribution >= 4 is 33.2 Å². The summed E-state index contributed by atoms with van der Waals surface area (Å²) in [6.45, 7) is 0.776. The molecule has 0 aliphatic carbocycles. The number of carboxylic acid groups (broad SMARTS) is 1. The minimum Gasteiger partial charge on any atom is -0.480 e. The molecule has 3 rings (SSSR count). The van der Waals surface area contributed by atoms with Gasteiger partial charge >= 0.3 is 5.97 Å². The fraction of sp³-hybridized carbons (Fsp3) is 0.357. The van der Waals surface area contributed by atoms with Gasteiger partial charge in [-0.15, -0.1) is 11.3 Å². The Labute approximate surface area is 129 Å². The molecule has 1 N–H and O–H groups in total. The highest BCUT2D eigenvalue weighted by Crippen LogP contribution is 2.39. The van der Waals surface area contributed by atoms with Crippen LogP contribution in [-0.2, 0) is 4.79 Å². The van der Waals surface area contributed by atoms with Crippen LogP contribution in [0.5, 0.6) is 0 Å². The maximum absolute atomic E-state index is 11.4. The Bertz CT molecular complexity index is 595. The number of carboxylic acids is 1. The van der Waals surface area contributed by atoms with E-state index in [9.17, 15) is 9.90 Å². The minimum absolute atomic E-state index is 0.120. The van der Waals surface area contributed by atoms with E-state index in [2.05, 4.69) is 15.9 Å². The molecule has 2 aromatic heterocycles. The number of rotatable bonds is 4. The lowest BCUT2D eigenvalue weighted by atomic mass is 10.1. The van der Waals surface area contributed by atoms with E-state index in [-0.39, 0.29) is 6.04 Å². The van der Waals surface area contributed by atoms with E-state index in [1.165, 1.54) is 0 Å².